The Hall–Kier alpha value is -2.11. The number of nitrogens with one attached hydrogen (secondary N) is 1. The molecule has 0 unspecified atom stereocenters. The first-order valence-electron chi connectivity index (χ1n) is 7.39. The molecule has 0 atom stereocenters. The fourth-order valence-corrected chi connectivity index (χ4v) is 2.36. The van der Waals surface area contributed by atoms with Gasteiger partial charge in [-0.2, -0.15) is 0 Å². The number of aromatic nitrogens is 1. The molecule has 1 aromatic heterocycles. The van der Waals surface area contributed by atoms with E-state index in [0.717, 1.165) is 24.5 Å². The smallest absolute Gasteiger partial charge is 0.243 e. The molecule has 1 fully saturated rings. The highest BCUT2D eigenvalue weighted by Crippen LogP contribution is 2.11. The van der Waals surface area contributed by atoms with Crippen LogP contribution in [0, 0.1) is 0 Å². The monoisotopic (exact) mass is 290 g/mol. The van der Waals surface area contributed by atoms with Crippen molar-refractivity contribution >= 4 is 17.6 Å². The Bertz CT molecular complexity index is 518. The molecule has 2 amide bonds. The van der Waals surface area contributed by atoms with Crippen molar-refractivity contribution in [3.05, 3.63) is 23.9 Å². The van der Waals surface area contributed by atoms with E-state index in [9.17, 15) is 9.59 Å². The van der Waals surface area contributed by atoms with E-state index in [4.69, 9.17) is 0 Å². The molecule has 21 heavy (non-hydrogen) atoms. The molecule has 0 spiro atoms. The van der Waals surface area contributed by atoms with Crippen molar-refractivity contribution in [2.75, 3.05) is 31.5 Å². The number of hydrogen-bond donors (Lipinski definition) is 1. The predicted octanol–water partition coefficient (Wildman–Crippen LogP) is 1.09. The Kier molecular flexibility index (Phi) is 5.14. The van der Waals surface area contributed by atoms with Crippen LogP contribution >= 0.6 is 0 Å². The summed E-state index contributed by atoms with van der Waals surface area (Å²) in [5, 5.41) is 3.14. The molecule has 0 radical (unpaired) electrons. The Morgan fingerprint density at radius 2 is 1.86 bits per heavy atom. The zero-order valence-electron chi connectivity index (χ0n) is 12.6. The summed E-state index contributed by atoms with van der Waals surface area (Å²) in [6.45, 7) is 6.15. The summed E-state index contributed by atoms with van der Waals surface area (Å²) in [5.74, 6) is 0.788. The Morgan fingerprint density at radius 1 is 1.14 bits per heavy atom. The first kappa shape index (κ1) is 15.3. The molecule has 1 aromatic rings. The van der Waals surface area contributed by atoms with E-state index in [1.807, 2.05) is 32.0 Å². The lowest BCUT2D eigenvalue weighted by molar-refractivity contribution is -0.150. The van der Waals surface area contributed by atoms with Gasteiger partial charge in [0, 0.05) is 13.1 Å². The minimum Gasteiger partial charge on any atom is -0.370 e. The molecule has 1 N–H and O–H groups in total. The van der Waals surface area contributed by atoms with Gasteiger partial charge in [0.05, 0.1) is 18.8 Å². The van der Waals surface area contributed by atoms with Gasteiger partial charge in [-0.15, -0.1) is 0 Å². The van der Waals surface area contributed by atoms with Crippen molar-refractivity contribution < 1.29 is 9.59 Å². The fourth-order valence-electron chi connectivity index (χ4n) is 2.36. The van der Waals surface area contributed by atoms with Gasteiger partial charge in [-0.3, -0.25) is 9.59 Å². The Morgan fingerprint density at radius 3 is 2.57 bits per heavy atom. The molecule has 114 valence electrons. The maximum Gasteiger partial charge on any atom is 0.243 e. The molecule has 1 aliphatic heterocycles. The summed E-state index contributed by atoms with van der Waals surface area (Å²) in [6, 6.07) is 5.66. The third kappa shape index (κ3) is 3.93. The number of piperazine rings is 1. The van der Waals surface area contributed by atoms with E-state index < -0.39 is 0 Å². The Balaban J connectivity index is 2.01. The summed E-state index contributed by atoms with van der Waals surface area (Å²) in [4.78, 5) is 31.8. The van der Waals surface area contributed by atoms with E-state index in [2.05, 4.69) is 10.3 Å². The molecule has 1 aliphatic rings. The SMILES string of the molecule is CCCN1CC(=O)N(Cc2cccc(NCC)n2)CC1=O. The van der Waals surface area contributed by atoms with E-state index >= 15 is 0 Å². The highest BCUT2D eigenvalue weighted by Gasteiger charge is 2.29. The lowest BCUT2D eigenvalue weighted by Crippen LogP contribution is -2.53. The number of hydrogen-bond acceptors (Lipinski definition) is 4. The highest BCUT2D eigenvalue weighted by molar-refractivity contribution is 5.92. The molecular formula is C15H22N4O2. The minimum absolute atomic E-state index is 0.0132. The molecule has 2 heterocycles. The third-order valence-corrected chi connectivity index (χ3v) is 3.37. The molecule has 1 saturated heterocycles. The minimum atomic E-state index is -0.0151. The van der Waals surface area contributed by atoms with Gasteiger partial charge in [0.1, 0.15) is 12.4 Å². The van der Waals surface area contributed by atoms with Gasteiger partial charge in [0.25, 0.3) is 0 Å². The molecule has 0 aromatic carbocycles. The van der Waals surface area contributed by atoms with Crippen molar-refractivity contribution in [1.29, 1.82) is 0 Å². The lowest BCUT2D eigenvalue weighted by Gasteiger charge is -2.33. The predicted molar refractivity (Wildman–Crippen MR) is 80.7 cm³/mol. The molecule has 2 rings (SSSR count). The van der Waals surface area contributed by atoms with Crippen LogP contribution in [0.1, 0.15) is 26.0 Å². The van der Waals surface area contributed by atoms with Crippen molar-refractivity contribution in [2.24, 2.45) is 0 Å². The van der Waals surface area contributed by atoms with Gasteiger partial charge in [-0.25, -0.2) is 4.98 Å². The van der Waals surface area contributed by atoms with Crippen LogP contribution in [0.25, 0.3) is 0 Å². The number of rotatable bonds is 6. The van der Waals surface area contributed by atoms with Crippen LogP contribution in [0.5, 0.6) is 0 Å². The summed E-state index contributed by atoms with van der Waals surface area (Å²) in [5.41, 5.74) is 0.790. The zero-order chi connectivity index (χ0) is 15.2. The number of carbonyl (C=O) groups is 2. The second-order valence-electron chi connectivity index (χ2n) is 5.11. The number of anilines is 1. The van der Waals surface area contributed by atoms with Crippen LogP contribution in [0.3, 0.4) is 0 Å². The van der Waals surface area contributed by atoms with Gasteiger partial charge < -0.3 is 15.1 Å². The van der Waals surface area contributed by atoms with E-state index in [1.165, 1.54) is 0 Å². The van der Waals surface area contributed by atoms with Crippen LogP contribution < -0.4 is 5.32 Å². The van der Waals surface area contributed by atoms with Crippen molar-refractivity contribution in [3.63, 3.8) is 0 Å². The number of amides is 2. The second kappa shape index (κ2) is 7.06. The van der Waals surface area contributed by atoms with E-state index in [-0.39, 0.29) is 24.9 Å². The third-order valence-electron chi connectivity index (χ3n) is 3.37. The molecule has 6 heteroatoms. The number of nitrogens with zero attached hydrogens (tertiary/aromatic N) is 3. The average Bonchev–Trinajstić information content (AvgIpc) is 2.45. The topological polar surface area (TPSA) is 65.5 Å². The summed E-state index contributed by atoms with van der Waals surface area (Å²) in [6.07, 6.45) is 0.866. The normalized spacial score (nSPS) is 15.5. The van der Waals surface area contributed by atoms with Crippen molar-refractivity contribution in [1.82, 2.24) is 14.8 Å². The maximum absolute atomic E-state index is 12.1. The second-order valence-corrected chi connectivity index (χ2v) is 5.11. The number of pyridine rings is 1. The van der Waals surface area contributed by atoms with Crippen LogP contribution in [0.4, 0.5) is 5.82 Å². The van der Waals surface area contributed by atoms with E-state index in [0.29, 0.717) is 13.1 Å². The lowest BCUT2D eigenvalue weighted by atomic mass is 10.2. The first-order valence-corrected chi connectivity index (χ1v) is 7.39. The van der Waals surface area contributed by atoms with Gasteiger partial charge >= 0.3 is 0 Å². The van der Waals surface area contributed by atoms with Gasteiger partial charge in [-0.05, 0) is 25.5 Å². The maximum atomic E-state index is 12.1. The number of carbonyl (C=O) groups excluding carboxylic acids is 2. The molecular weight excluding hydrogens is 268 g/mol. The quantitative estimate of drug-likeness (QED) is 0.852. The van der Waals surface area contributed by atoms with Gasteiger partial charge in [-0.1, -0.05) is 13.0 Å². The summed E-state index contributed by atoms with van der Waals surface area (Å²) in [7, 11) is 0. The fraction of sp³-hybridized carbons (Fsp3) is 0.533. The molecule has 6 nitrogen and oxygen atoms in total. The molecule has 0 bridgehead atoms. The van der Waals surface area contributed by atoms with Gasteiger partial charge in [0.2, 0.25) is 11.8 Å². The average molecular weight is 290 g/mol. The zero-order valence-corrected chi connectivity index (χ0v) is 12.6. The van der Waals surface area contributed by atoms with Gasteiger partial charge in [0.15, 0.2) is 0 Å². The Labute approximate surface area is 125 Å². The molecule has 0 saturated carbocycles. The summed E-state index contributed by atoms with van der Waals surface area (Å²) < 4.78 is 0. The largest absolute Gasteiger partial charge is 0.370 e. The van der Waals surface area contributed by atoms with E-state index in [1.54, 1.807) is 9.80 Å². The highest BCUT2D eigenvalue weighted by atomic mass is 16.2. The van der Waals surface area contributed by atoms with Crippen LogP contribution in [0.15, 0.2) is 18.2 Å². The summed E-state index contributed by atoms with van der Waals surface area (Å²) >= 11 is 0. The van der Waals surface area contributed by atoms with Crippen LogP contribution in [-0.4, -0.2) is 52.8 Å². The van der Waals surface area contributed by atoms with Crippen LogP contribution in [0.2, 0.25) is 0 Å². The molecule has 0 aliphatic carbocycles. The van der Waals surface area contributed by atoms with Crippen LogP contribution in [-0.2, 0) is 16.1 Å². The van der Waals surface area contributed by atoms with Crippen molar-refractivity contribution in [2.45, 2.75) is 26.8 Å². The van der Waals surface area contributed by atoms with Crippen molar-refractivity contribution in [3.8, 4) is 0 Å². The first-order chi connectivity index (χ1) is 10.1. The standard InChI is InChI=1S/C15H22N4O2/c1-3-8-18-10-15(21)19(11-14(18)20)9-12-6-5-7-13(17-12)16-4-2/h5-7H,3-4,8-11H2,1-2H3,(H,16,17).